The van der Waals surface area contributed by atoms with Crippen molar-refractivity contribution in [2.24, 2.45) is 5.18 Å². The largest absolute Gasteiger partial charge is 0.393 e. The summed E-state index contributed by atoms with van der Waals surface area (Å²) in [6.45, 7) is 0. The predicted octanol–water partition coefficient (Wildman–Crippen LogP) is 0.666. The lowest BCUT2D eigenvalue weighted by Gasteiger charge is -1.94. The third-order valence-electron chi connectivity index (χ3n) is 1.53. The number of aliphatic hydroxyl groups excluding tert-OH is 1. The molecule has 1 saturated carbocycles. The van der Waals surface area contributed by atoms with Crippen molar-refractivity contribution in [1.29, 1.82) is 0 Å². The zero-order valence-corrected chi connectivity index (χ0v) is 4.58. The Morgan fingerprint density at radius 3 is 2.50 bits per heavy atom. The maximum atomic E-state index is 9.79. The average molecular weight is 115 g/mol. The van der Waals surface area contributed by atoms with Gasteiger partial charge in [0, 0.05) is 0 Å². The van der Waals surface area contributed by atoms with E-state index in [-0.39, 0.29) is 12.1 Å². The molecule has 0 saturated heterocycles. The Balaban J connectivity index is 2.32. The second-order valence-electron chi connectivity index (χ2n) is 2.23. The second kappa shape index (κ2) is 2.22. The predicted molar refractivity (Wildman–Crippen MR) is 29.4 cm³/mol. The highest BCUT2D eigenvalue weighted by Crippen LogP contribution is 2.20. The van der Waals surface area contributed by atoms with Gasteiger partial charge in [-0.3, -0.25) is 0 Å². The Morgan fingerprint density at radius 2 is 2.25 bits per heavy atom. The van der Waals surface area contributed by atoms with E-state index in [0.29, 0.717) is 6.42 Å². The quantitative estimate of drug-likeness (QED) is 0.510. The highest BCUT2D eigenvalue weighted by Gasteiger charge is 2.22. The molecule has 0 bridgehead atoms. The fraction of sp³-hybridized carbons (Fsp3) is 1.00. The number of rotatable bonds is 1. The summed E-state index contributed by atoms with van der Waals surface area (Å²) in [5.74, 6) is 0. The summed E-state index contributed by atoms with van der Waals surface area (Å²) in [5.41, 5.74) is 0. The summed E-state index contributed by atoms with van der Waals surface area (Å²) in [6.07, 6.45) is 1.82. The van der Waals surface area contributed by atoms with Gasteiger partial charge < -0.3 is 5.11 Å². The Kier molecular flexibility index (Phi) is 1.58. The molecule has 0 spiro atoms. The van der Waals surface area contributed by atoms with Crippen molar-refractivity contribution < 1.29 is 5.11 Å². The molecule has 0 amide bonds. The standard InChI is InChI=1S/C5H9NO2/c7-5-2-1-4(3-5)6-8/h4-5,7H,1-3H2. The molecule has 0 aliphatic heterocycles. The van der Waals surface area contributed by atoms with Gasteiger partial charge in [-0.05, 0) is 19.3 Å². The van der Waals surface area contributed by atoms with Crippen molar-refractivity contribution >= 4 is 0 Å². The van der Waals surface area contributed by atoms with Gasteiger partial charge in [-0.15, -0.1) is 0 Å². The zero-order chi connectivity index (χ0) is 5.98. The summed E-state index contributed by atoms with van der Waals surface area (Å²) in [7, 11) is 0. The van der Waals surface area contributed by atoms with E-state index in [0.717, 1.165) is 12.8 Å². The van der Waals surface area contributed by atoms with Crippen molar-refractivity contribution in [3.05, 3.63) is 4.91 Å². The van der Waals surface area contributed by atoms with Gasteiger partial charge in [0.25, 0.3) is 0 Å². The molecule has 0 aromatic carbocycles. The zero-order valence-electron chi connectivity index (χ0n) is 4.58. The summed E-state index contributed by atoms with van der Waals surface area (Å²) in [4.78, 5) is 9.79. The van der Waals surface area contributed by atoms with Gasteiger partial charge in [-0.25, -0.2) is 0 Å². The first-order chi connectivity index (χ1) is 3.83. The van der Waals surface area contributed by atoms with E-state index in [9.17, 15) is 4.91 Å². The minimum Gasteiger partial charge on any atom is -0.393 e. The number of aliphatic hydroxyl groups is 1. The van der Waals surface area contributed by atoms with Crippen LogP contribution in [0.15, 0.2) is 5.18 Å². The maximum absolute atomic E-state index is 9.79. The van der Waals surface area contributed by atoms with E-state index < -0.39 is 0 Å². The second-order valence-corrected chi connectivity index (χ2v) is 2.23. The van der Waals surface area contributed by atoms with Gasteiger partial charge in [-0.1, -0.05) is 5.18 Å². The van der Waals surface area contributed by atoms with Crippen molar-refractivity contribution in [3.63, 3.8) is 0 Å². The van der Waals surface area contributed by atoms with Crippen LogP contribution in [0.25, 0.3) is 0 Å². The van der Waals surface area contributed by atoms with Crippen LogP contribution in [0, 0.1) is 4.91 Å². The van der Waals surface area contributed by atoms with Crippen molar-refractivity contribution in [2.75, 3.05) is 0 Å². The Labute approximate surface area is 47.7 Å². The highest BCUT2D eigenvalue weighted by atomic mass is 16.3. The molecule has 3 nitrogen and oxygen atoms in total. The third-order valence-corrected chi connectivity index (χ3v) is 1.53. The van der Waals surface area contributed by atoms with Gasteiger partial charge in [0.15, 0.2) is 0 Å². The molecule has 2 unspecified atom stereocenters. The number of nitrogens with zero attached hydrogens (tertiary/aromatic N) is 1. The molecule has 0 aromatic heterocycles. The van der Waals surface area contributed by atoms with Crippen molar-refractivity contribution in [3.8, 4) is 0 Å². The first kappa shape index (κ1) is 5.69. The first-order valence-corrected chi connectivity index (χ1v) is 2.83. The molecule has 8 heavy (non-hydrogen) atoms. The molecule has 1 aliphatic rings. The van der Waals surface area contributed by atoms with Gasteiger partial charge in [0.1, 0.15) is 0 Å². The van der Waals surface area contributed by atoms with Gasteiger partial charge in [0.05, 0.1) is 12.1 Å². The molecule has 1 N–H and O–H groups in total. The van der Waals surface area contributed by atoms with E-state index in [1.807, 2.05) is 0 Å². The molecule has 2 atom stereocenters. The summed E-state index contributed by atoms with van der Waals surface area (Å²) >= 11 is 0. The highest BCUT2D eigenvalue weighted by molar-refractivity contribution is 4.78. The van der Waals surface area contributed by atoms with Gasteiger partial charge in [-0.2, -0.15) is 4.91 Å². The lowest BCUT2D eigenvalue weighted by atomic mass is 10.3. The molecule has 0 aromatic rings. The molecule has 1 aliphatic carbocycles. The van der Waals surface area contributed by atoms with Crippen LogP contribution in [-0.4, -0.2) is 17.3 Å². The summed E-state index contributed by atoms with van der Waals surface area (Å²) < 4.78 is 0. The fourth-order valence-electron chi connectivity index (χ4n) is 1.03. The number of nitroso groups, excluding NO2 is 1. The van der Waals surface area contributed by atoms with Crippen molar-refractivity contribution in [1.82, 2.24) is 0 Å². The lowest BCUT2D eigenvalue weighted by Crippen LogP contribution is -2.00. The van der Waals surface area contributed by atoms with Crippen LogP contribution >= 0.6 is 0 Å². The Hall–Kier alpha value is -0.440. The molecule has 0 radical (unpaired) electrons. The topological polar surface area (TPSA) is 49.7 Å². The minimum atomic E-state index is -0.266. The van der Waals surface area contributed by atoms with Crippen LogP contribution in [0.1, 0.15) is 19.3 Å². The molecule has 0 heterocycles. The molecular weight excluding hydrogens is 106 g/mol. The third kappa shape index (κ3) is 1.04. The van der Waals surface area contributed by atoms with Gasteiger partial charge in [0.2, 0.25) is 0 Å². The maximum Gasteiger partial charge on any atom is 0.0945 e. The van der Waals surface area contributed by atoms with Crippen molar-refractivity contribution in [2.45, 2.75) is 31.4 Å². The summed E-state index contributed by atoms with van der Waals surface area (Å²) in [5, 5.41) is 11.7. The average Bonchev–Trinajstić information content (AvgIpc) is 2.14. The van der Waals surface area contributed by atoms with E-state index in [2.05, 4.69) is 5.18 Å². The van der Waals surface area contributed by atoms with E-state index >= 15 is 0 Å². The SMILES string of the molecule is O=NC1CCC(O)C1. The molecule has 3 heteroatoms. The monoisotopic (exact) mass is 115 g/mol. The van der Waals surface area contributed by atoms with Gasteiger partial charge >= 0.3 is 0 Å². The lowest BCUT2D eigenvalue weighted by molar-refractivity contribution is 0.181. The normalized spacial score (nSPS) is 37.6. The van der Waals surface area contributed by atoms with E-state index in [1.165, 1.54) is 0 Å². The van der Waals surface area contributed by atoms with Crippen LogP contribution in [0.4, 0.5) is 0 Å². The van der Waals surface area contributed by atoms with E-state index in [4.69, 9.17) is 5.11 Å². The van der Waals surface area contributed by atoms with Crippen LogP contribution in [0.2, 0.25) is 0 Å². The number of hydrogen-bond donors (Lipinski definition) is 1. The van der Waals surface area contributed by atoms with Crippen LogP contribution in [0.5, 0.6) is 0 Å². The first-order valence-electron chi connectivity index (χ1n) is 2.83. The van der Waals surface area contributed by atoms with Crippen LogP contribution in [0.3, 0.4) is 0 Å². The number of hydrogen-bond acceptors (Lipinski definition) is 3. The Bertz CT molecular complexity index is 94.4. The smallest absolute Gasteiger partial charge is 0.0945 e. The summed E-state index contributed by atoms with van der Waals surface area (Å²) in [6, 6.07) is -0.106. The Morgan fingerprint density at radius 1 is 1.50 bits per heavy atom. The molecule has 1 rings (SSSR count). The minimum absolute atomic E-state index is 0.106. The molecule has 46 valence electrons. The van der Waals surface area contributed by atoms with Crippen LogP contribution < -0.4 is 0 Å². The molecular formula is C5H9NO2. The van der Waals surface area contributed by atoms with Crippen LogP contribution in [-0.2, 0) is 0 Å². The fourth-order valence-corrected chi connectivity index (χ4v) is 1.03. The molecule has 1 fully saturated rings. The van der Waals surface area contributed by atoms with E-state index in [1.54, 1.807) is 0 Å².